The molecule has 0 spiro atoms. The Kier molecular flexibility index (Phi) is 4.55. The molecule has 1 N–H and O–H groups in total. The van der Waals surface area contributed by atoms with Gasteiger partial charge in [-0.25, -0.2) is 19.4 Å². The van der Waals surface area contributed by atoms with Crippen LogP contribution in [0.4, 0.5) is 10.5 Å². The Morgan fingerprint density at radius 3 is 2.83 bits per heavy atom. The zero-order valence-electron chi connectivity index (χ0n) is 13.5. The Bertz CT molecular complexity index is 639. The van der Waals surface area contributed by atoms with Gasteiger partial charge in [0.2, 0.25) is 0 Å². The van der Waals surface area contributed by atoms with Crippen LogP contribution in [0.3, 0.4) is 0 Å². The fourth-order valence-electron chi connectivity index (χ4n) is 3.16. The van der Waals surface area contributed by atoms with E-state index in [0.717, 1.165) is 6.42 Å². The standard InChI is InChI=1S/C16H22N6O/c1-12-5-3-4-6-14(12)21(2)16(23)20-13-7-8-15(18-9-13)22-11-17-10-19-22/h7-12,14H,3-6H2,1-2H3,(H,20,23)/t12-,14-/m1/s1. The molecule has 2 atom stereocenters. The van der Waals surface area contributed by atoms with E-state index >= 15 is 0 Å². The molecule has 1 aliphatic carbocycles. The van der Waals surface area contributed by atoms with Crippen LogP contribution in [0.25, 0.3) is 5.82 Å². The van der Waals surface area contributed by atoms with Crippen molar-refractivity contribution >= 4 is 11.7 Å². The van der Waals surface area contributed by atoms with Gasteiger partial charge in [0.15, 0.2) is 5.82 Å². The number of aromatic nitrogens is 4. The summed E-state index contributed by atoms with van der Waals surface area (Å²) in [4.78, 5) is 22.4. The maximum Gasteiger partial charge on any atom is 0.321 e. The second-order valence-electron chi connectivity index (χ2n) is 6.12. The van der Waals surface area contributed by atoms with Crippen LogP contribution in [-0.4, -0.2) is 43.8 Å². The summed E-state index contributed by atoms with van der Waals surface area (Å²) in [6.45, 7) is 2.22. The average Bonchev–Trinajstić information content (AvgIpc) is 3.10. The zero-order chi connectivity index (χ0) is 16.2. The van der Waals surface area contributed by atoms with Gasteiger partial charge in [-0.1, -0.05) is 19.8 Å². The van der Waals surface area contributed by atoms with E-state index < -0.39 is 0 Å². The monoisotopic (exact) mass is 314 g/mol. The third kappa shape index (κ3) is 3.49. The van der Waals surface area contributed by atoms with Gasteiger partial charge in [-0.3, -0.25) is 0 Å². The lowest BCUT2D eigenvalue weighted by atomic mass is 9.85. The van der Waals surface area contributed by atoms with E-state index in [9.17, 15) is 4.79 Å². The number of hydrogen-bond acceptors (Lipinski definition) is 4. The van der Waals surface area contributed by atoms with Gasteiger partial charge in [-0.05, 0) is 30.9 Å². The third-order valence-electron chi connectivity index (χ3n) is 4.54. The van der Waals surface area contributed by atoms with E-state index in [1.54, 1.807) is 23.3 Å². The smallest absolute Gasteiger partial charge is 0.321 e. The van der Waals surface area contributed by atoms with Crippen molar-refractivity contribution in [3.8, 4) is 5.82 Å². The minimum Gasteiger partial charge on any atom is -0.324 e. The molecule has 0 bridgehead atoms. The first-order valence-corrected chi connectivity index (χ1v) is 8.00. The van der Waals surface area contributed by atoms with Crippen molar-refractivity contribution in [3.05, 3.63) is 31.0 Å². The molecule has 3 rings (SSSR count). The molecule has 1 aliphatic rings. The van der Waals surface area contributed by atoms with Crippen LogP contribution in [0.15, 0.2) is 31.0 Å². The summed E-state index contributed by atoms with van der Waals surface area (Å²) in [5.74, 6) is 1.21. The highest BCUT2D eigenvalue weighted by molar-refractivity contribution is 5.89. The predicted molar refractivity (Wildman–Crippen MR) is 87.4 cm³/mol. The number of pyridine rings is 1. The van der Waals surface area contributed by atoms with Crippen LogP contribution in [0.1, 0.15) is 32.6 Å². The van der Waals surface area contributed by atoms with Gasteiger partial charge in [-0.15, -0.1) is 0 Å². The van der Waals surface area contributed by atoms with Crippen LogP contribution in [0, 0.1) is 5.92 Å². The fraction of sp³-hybridized carbons (Fsp3) is 0.500. The van der Waals surface area contributed by atoms with E-state index in [0.29, 0.717) is 23.5 Å². The predicted octanol–water partition coefficient (Wildman–Crippen LogP) is 2.70. The molecule has 0 aromatic carbocycles. The number of anilines is 1. The van der Waals surface area contributed by atoms with Crippen molar-refractivity contribution in [3.63, 3.8) is 0 Å². The van der Waals surface area contributed by atoms with Crippen LogP contribution in [0.5, 0.6) is 0 Å². The Morgan fingerprint density at radius 1 is 1.35 bits per heavy atom. The number of carbonyl (C=O) groups excluding carboxylic acids is 1. The molecular formula is C16H22N6O. The van der Waals surface area contributed by atoms with E-state index in [-0.39, 0.29) is 6.03 Å². The number of nitrogens with one attached hydrogen (secondary N) is 1. The maximum absolute atomic E-state index is 12.4. The van der Waals surface area contributed by atoms with E-state index in [1.165, 1.54) is 25.6 Å². The van der Waals surface area contributed by atoms with Crippen molar-refractivity contribution in [2.45, 2.75) is 38.6 Å². The molecule has 2 amide bonds. The third-order valence-corrected chi connectivity index (χ3v) is 4.54. The summed E-state index contributed by atoms with van der Waals surface area (Å²) in [5.41, 5.74) is 0.675. The minimum atomic E-state index is -0.0842. The lowest BCUT2D eigenvalue weighted by molar-refractivity contribution is 0.155. The second-order valence-corrected chi connectivity index (χ2v) is 6.12. The highest BCUT2D eigenvalue weighted by Gasteiger charge is 2.27. The van der Waals surface area contributed by atoms with E-state index in [4.69, 9.17) is 0 Å². The Hall–Kier alpha value is -2.44. The molecule has 0 unspecified atom stereocenters. The molecule has 0 aliphatic heterocycles. The second kappa shape index (κ2) is 6.76. The SMILES string of the molecule is C[C@@H]1CCCC[C@H]1N(C)C(=O)Nc1ccc(-n2cncn2)nc1. The lowest BCUT2D eigenvalue weighted by Gasteiger charge is -2.36. The van der Waals surface area contributed by atoms with Gasteiger partial charge < -0.3 is 10.2 Å². The van der Waals surface area contributed by atoms with Gasteiger partial charge >= 0.3 is 6.03 Å². The quantitative estimate of drug-likeness (QED) is 0.945. The van der Waals surface area contributed by atoms with Gasteiger partial charge in [0, 0.05) is 13.1 Å². The first-order chi connectivity index (χ1) is 11.1. The number of urea groups is 1. The van der Waals surface area contributed by atoms with Crippen molar-refractivity contribution in [2.24, 2.45) is 5.92 Å². The molecule has 0 saturated heterocycles. The van der Waals surface area contributed by atoms with Crippen molar-refractivity contribution in [1.82, 2.24) is 24.6 Å². The summed E-state index contributed by atoms with van der Waals surface area (Å²) < 4.78 is 1.57. The molecule has 1 saturated carbocycles. The van der Waals surface area contributed by atoms with Gasteiger partial charge in [0.25, 0.3) is 0 Å². The largest absolute Gasteiger partial charge is 0.324 e. The molecule has 2 aromatic heterocycles. The molecule has 7 heteroatoms. The lowest BCUT2D eigenvalue weighted by Crippen LogP contribution is -2.44. The number of hydrogen-bond donors (Lipinski definition) is 1. The molecule has 2 heterocycles. The molecule has 122 valence electrons. The Balaban J connectivity index is 1.63. The summed E-state index contributed by atoms with van der Waals surface area (Å²) >= 11 is 0. The maximum atomic E-state index is 12.4. The Morgan fingerprint density at radius 2 is 2.17 bits per heavy atom. The number of carbonyl (C=O) groups is 1. The number of nitrogens with zero attached hydrogens (tertiary/aromatic N) is 5. The van der Waals surface area contributed by atoms with Crippen molar-refractivity contribution < 1.29 is 4.79 Å². The minimum absolute atomic E-state index is 0.0842. The summed E-state index contributed by atoms with van der Waals surface area (Å²) in [6, 6.07) is 3.85. The molecule has 7 nitrogen and oxygen atoms in total. The highest BCUT2D eigenvalue weighted by atomic mass is 16.2. The summed E-state index contributed by atoms with van der Waals surface area (Å²) in [7, 11) is 1.87. The first kappa shape index (κ1) is 15.5. The Labute approximate surface area is 135 Å². The van der Waals surface area contributed by atoms with E-state index in [1.807, 2.05) is 18.0 Å². The van der Waals surface area contributed by atoms with Gasteiger partial charge in [-0.2, -0.15) is 5.10 Å². The number of rotatable bonds is 3. The van der Waals surface area contributed by atoms with Crippen LogP contribution >= 0.6 is 0 Å². The van der Waals surface area contributed by atoms with Gasteiger partial charge in [0.1, 0.15) is 12.7 Å². The first-order valence-electron chi connectivity index (χ1n) is 8.00. The van der Waals surface area contributed by atoms with E-state index in [2.05, 4.69) is 27.3 Å². The summed E-state index contributed by atoms with van der Waals surface area (Å²) in [5, 5.41) is 6.93. The van der Waals surface area contributed by atoms with Crippen LogP contribution in [0.2, 0.25) is 0 Å². The fourth-order valence-corrected chi connectivity index (χ4v) is 3.16. The molecule has 23 heavy (non-hydrogen) atoms. The summed E-state index contributed by atoms with van der Waals surface area (Å²) in [6.07, 6.45) is 9.40. The molecule has 0 radical (unpaired) electrons. The van der Waals surface area contributed by atoms with Crippen molar-refractivity contribution in [1.29, 1.82) is 0 Å². The molecular weight excluding hydrogens is 292 g/mol. The average molecular weight is 314 g/mol. The van der Waals surface area contributed by atoms with Gasteiger partial charge in [0.05, 0.1) is 11.9 Å². The van der Waals surface area contributed by atoms with Crippen LogP contribution in [-0.2, 0) is 0 Å². The highest BCUT2D eigenvalue weighted by Crippen LogP contribution is 2.27. The molecule has 2 aromatic rings. The zero-order valence-corrected chi connectivity index (χ0v) is 13.5. The molecule has 1 fully saturated rings. The topological polar surface area (TPSA) is 75.9 Å². The van der Waals surface area contributed by atoms with Crippen LogP contribution < -0.4 is 5.32 Å². The number of amides is 2. The normalized spacial score (nSPS) is 21.0. The van der Waals surface area contributed by atoms with Crippen molar-refractivity contribution in [2.75, 3.05) is 12.4 Å².